The molecule has 1 spiro atoms. The zero-order valence-electron chi connectivity index (χ0n) is 36.1. The van der Waals surface area contributed by atoms with Crippen molar-refractivity contribution in [3.8, 4) is 22.4 Å². The van der Waals surface area contributed by atoms with E-state index in [9.17, 15) is 24.0 Å². The number of hydrogen-bond donors (Lipinski definition) is 4. The summed E-state index contributed by atoms with van der Waals surface area (Å²) in [5.74, 6) is -0.513. The number of fused-ring (bicyclic) bond motifs is 3. The molecule has 1 saturated carbocycles. The molecule has 9 rings (SSSR count). The Labute approximate surface area is 363 Å². The van der Waals surface area contributed by atoms with Crippen LogP contribution in [0, 0.1) is 17.8 Å². The maximum absolute atomic E-state index is 14.0. The van der Waals surface area contributed by atoms with E-state index in [2.05, 4.69) is 32.7 Å². The van der Waals surface area contributed by atoms with E-state index in [0.29, 0.717) is 54.5 Å². The number of aromatic nitrogens is 4. The minimum Gasteiger partial charge on any atom is -0.453 e. The van der Waals surface area contributed by atoms with Crippen LogP contribution >= 0.6 is 0 Å². The molecule has 3 aromatic carbocycles. The van der Waals surface area contributed by atoms with Crippen molar-refractivity contribution in [1.82, 2.24) is 40.4 Å². The van der Waals surface area contributed by atoms with Gasteiger partial charge in [-0.2, -0.15) is 0 Å². The predicted octanol–water partition coefficient (Wildman–Crippen LogP) is 5.57. The van der Waals surface area contributed by atoms with Gasteiger partial charge in [0.15, 0.2) is 5.79 Å². The highest BCUT2D eigenvalue weighted by atomic mass is 16.7. The number of nitrogens with one attached hydrogen (secondary N) is 4. The van der Waals surface area contributed by atoms with E-state index in [1.54, 1.807) is 22.1 Å². The van der Waals surface area contributed by atoms with Gasteiger partial charge in [-0.05, 0) is 76.8 Å². The van der Waals surface area contributed by atoms with Crippen LogP contribution in [0.2, 0.25) is 0 Å². The third-order valence-electron chi connectivity index (χ3n) is 13.0. The Morgan fingerprint density at radius 2 is 1.40 bits per heavy atom. The van der Waals surface area contributed by atoms with Crippen LogP contribution in [-0.2, 0) is 28.5 Å². The molecule has 5 heterocycles. The van der Waals surface area contributed by atoms with Crippen LogP contribution in [0.1, 0.15) is 70.7 Å². The predicted molar refractivity (Wildman–Crippen MR) is 231 cm³/mol. The van der Waals surface area contributed by atoms with Crippen molar-refractivity contribution in [2.45, 2.75) is 83.0 Å². The van der Waals surface area contributed by atoms with E-state index in [0.717, 1.165) is 39.6 Å². The molecule has 4 N–H and O–H groups in total. The number of amides is 4. The molecule has 4 amide bonds. The highest BCUT2D eigenvalue weighted by Crippen LogP contribution is 2.53. The largest absolute Gasteiger partial charge is 0.453 e. The number of piperidine rings is 1. The molecule has 0 bridgehead atoms. The Morgan fingerprint density at radius 3 is 2.06 bits per heavy atom. The van der Waals surface area contributed by atoms with Crippen LogP contribution in [0.4, 0.5) is 9.59 Å². The molecule has 1 aliphatic carbocycles. The Hall–Kier alpha value is -6.33. The van der Waals surface area contributed by atoms with Crippen molar-refractivity contribution in [3.63, 3.8) is 0 Å². The topological polar surface area (TPSA) is 210 Å². The number of alkyl carbamates (subject to hydrolysis) is 2. The lowest BCUT2D eigenvalue weighted by atomic mass is 9.98. The Bertz CT molecular complexity index is 2670. The van der Waals surface area contributed by atoms with Gasteiger partial charge in [-0.25, -0.2) is 19.6 Å². The summed E-state index contributed by atoms with van der Waals surface area (Å²) in [6.07, 6.45) is 2.34. The average molecular weight is 861 g/mol. The first kappa shape index (κ1) is 42.0. The number of nitrogens with zero attached hydrogens (tertiary/aromatic N) is 4. The second-order valence-electron chi connectivity index (χ2n) is 17.7. The fraction of sp³-hybridized carbons (Fsp3) is 0.457. The minimum absolute atomic E-state index is 0.0347. The molecule has 0 unspecified atom stereocenters. The van der Waals surface area contributed by atoms with E-state index in [1.807, 2.05) is 64.1 Å². The lowest BCUT2D eigenvalue weighted by molar-refractivity contribution is -0.153. The molecule has 0 radical (unpaired) electrons. The maximum atomic E-state index is 14.0. The van der Waals surface area contributed by atoms with E-state index in [4.69, 9.17) is 28.9 Å². The molecule has 63 heavy (non-hydrogen) atoms. The highest BCUT2D eigenvalue weighted by Gasteiger charge is 2.56. The van der Waals surface area contributed by atoms with Gasteiger partial charge in [0.25, 0.3) is 5.56 Å². The molecule has 4 aliphatic rings. The molecular weight excluding hydrogens is 809 g/mol. The van der Waals surface area contributed by atoms with E-state index in [1.165, 1.54) is 14.2 Å². The lowest BCUT2D eigenvalue weighted by Crippen LogP contribution is -2.52. The van der Waals surface area contributed by atoms with Gasteiger partial charge in [0.1, 0.15) is 23.7 Å². The van der Waals surface area contributed by atoms with Gasteiger partial charge in [-0.3, -0.25) is 14.4 Å². The SMILES string of the molecule is COC(=O)N[C@H](C(=O)N1CC2(C[C@H]1c1ncc(-c3ccc4cc(-c5ccc6c(=O)[nH]c([C@@H]7C[C@H]8C[C@H]8N7C(=O)[C@@H](NC(=O)OC)C(C)C)nc6c5)ccc4c3)[nH]1)OCCO2)C(C)C. The van der Waals surface area contributed by atoms with Crippen LogP contribution in [-0.4, -0.2) is 112 Å². The number of carbonyl (C=O) groups excluding carboxylic acids is 4. The van der Waals surface area contributed by atoms with E-state index >= 15 is 0 Å². The van der Waals surface area contributed by atoms with Crippen molar-refractivity contribution in [3.05, 3.63) is 82.8 Å². The zero-order valence-corrected chi connectivity index (χ0v) is 36.1. The summed E-state index contributed by atoms with van der Waals surface area (Å²) in [7, 11) is 2.53. The molecule has 330 valence electrons. The third-order valence-corrected chi connectivity index (χ3v) is 13.0. The smallest absolute Gasteiger partial charge is 0.407 e. The first-order chi connectivity index (χ1) is 30.3. The van der Waals surface area contributed by atoms with Gasteiger partial charge in [-0.1, -0.05) is 58.0 Å². The Kier molecular flexibility index (Phi) is 10.9. The summed E-state index contributed by atoms with van der Waals surface area (Å²) in [6.45, 7) is 8.51. The van der Waals surface area contributed by atoms with Crippen LogP contribution in [0.15, 0.2) is 65.6 Å². The molecule has 2 aromatic heterocycles. The molecule has 4 fully saturated rings. The van der Waals surface area contributed by atoms with Crippen molar-refractivity contribution in [1.29, 1.82) is 0 Å². The summed E-state index contributed by atoms with van der Waals surface area (Å²) in [6, 6.07) is 15.4. The summed E-state index contributed by atoms with van der Waals surface area (Å²) >= 11 is 0. The third kappa shape index (κ3) is 7.88. The number of likely N-dealkylation sites (tertiary alicyclic amines) is 2. The fourth-order valence-electron chi connectivity index (χ4n) is 9.52. The number of H-pyrrole nitrogens is 2. The quantitative estimate of drug-likeness (QED) is 0.136. The molecule has 3 saturated heterocycles. The molecule has 6 atom stereocenters. The van der Waals surface area contributed by atoms with Crippen LogP contribution in [0.5, 0.6) is 0 Å². The second kappa shape index (κ2) is 16.4. The van der Waals surface area contributed by atoms with Crippen molar-refractivity contribution >= 4 is 45.7 Å². The number of ether oxygens (including phenoxy) is 4. The van der Waals surface area contributed by atoms with Gasteiger partial charge in [-0.15, -0.1) is 0 Å². The number of aromatic amines is 2. The van der Waals surface area contributed by atoms with Crippen molar-refractivity contribution in [2.75, 3.05) is 34.0 Å². The zero-order chi connectivity index (χ0) is 44.3. The van der Waals surface area contributed by atoms with Gasteiger partial charge in [0.2, 0.25) is 11.8 Å². The number of carbonyl (C=O) groups is 4. The molecule has 3 aliphatic heterocycles. The Balaban J connectivity index is 0.962. The second-order valence-corrected chi connectivity index (χ2v) is 17.7. The number of hydrogen-bond acceptors (Lipinski definition) is 11. The van der Waals surface area contributed by atoms with Crippen LogP contribution < -0.4 is 16.2 Å². The monoisotopic (exact) mass is 860 g/mol. The van der Waals surface area contributed by atoms with E-state index in [-0.39, 0.29) is 41.8 Å². The van der Waals surface area contributed by atoms with Crippen molar-refractivity contribution < 1.29 is 38.1 Å². The first-order valence-corrected chi connectivity index (χ1v) is 21.5. The summed E-state index contributed by atoms with van der Waals surface area (Å²) in [4.78, 5) is 85.4. The maximum Gasteiger partial charge on any atom is 0.407 e. The highest BCUT2D eigenvalue weighted by molar-refractivity contribution is 5.92. The Morgan fingerprint density at radius 1 is 0.778 bits per heavy atom. The number of rotatable bonds is 10. The van der Waals surface area contributed by atoms with Gasteiger partial charge in [0, 0.05) is 18.0 Å². The first-order valence-electron chi connectivity index (χ1n) is 21.5. The molecule has 5 aromatic rings. The summed E-state index contributed by atoms with van der Waals surface area (Å²) in [5.41, 5.74) is 3.74. The van der Waals surface area contributed by atoms with Crippen LogP contribution in [0.25, 0.3) is 44.1 Å². The summed E-state index contributed by atoms with van der Waals surface area (Å²) in [5, 5.41) is 7.83. The fourth-order valence-corrected chi connectivity index (χ4v) is 9.52. The number of imidazole rings is 1. The minimum atomic E-state index is -0.958. The number of methoxy groups -OCH3 is 2. The van der Waals surface area contributed by atoms with Crippen molar-refractivity contribution in [2.24, 2.45) is 17.8 Å². The van der Waals surface area contributed by atoms with Gasteiger partial charge >= 0.3 is 12.2 Å². The average Bonchev–Trinajstić information content (AvgIpc) is 3.73. The normalized spacial score (nSPS) is 22.2. The number of benzene rings is 3. The van der Waals surface area contributed by atoms with E-state index < -0.39 is 42.1 Å². The van der Waals surface area contributed by atoms with Crippen LogP contribution in [0.3, 0.4) is 0 Å². The summed E-state index contributed by atoms with van der Waals surface area (Å²) < 4.78 is 21.7. The molecular formula is C46H52N8O9. The molecule has 17 nitrogen and oxygen atoms in total. The van der Waals surface area contributed by atoms with Gasteiger partial charge in [0.05, 0.1) is 68.9 Å². The van der Waals surface area contributed by atoms with Gasteiger partial charge < -0.3 is 49.3 Å². The lowest BCUT2D eigenvalue weighted by Gasteiger charge is -2.32. The molecule has 17 heteroatoms. The standard InChI is InChI=1S/C46H52N8O9/c1-23(2)37(50-44(58)60-5)42(56)53-22-46(62-13-14-63-46)20-36(53)39-47-21-33(49-39)29-10-9-25-15-26(7-8-27(25)16-29)28-11-12-31-32(17-28)48-40(52-41(31)55)35-19-30-18-34(30)54(35)43(57)38(24(3)4)51-45(59)61-6/h7-12,15-17,21,23-24,30,34-38H,13-14,18-20,22H2,1-6H3,(H,47,49)(H,50,58)(H,51,59)(H,48,52,55)/t30-,34-,35+,36+,37+,38+/m1/s1.